The van der Waals surface area contributed by atoms with Gasteiger partial charge < -0.3 is 4.48 Å². The van der Waals surface area contributed by atoms with Gasteiger partial charge >= 0.3 is 0 Å². The molecule has 0 unspecified atom stereocenters. The van der Waals surface area contributed by atoms with E-state index in [0.717, 1.165) is 0 Å². The maximum Gasteiger partial charge on any atom is 0.261 e. The van der Waals surface area contributed by atoms with Crippen LogP contribution in [0.25, 0.3) is 0 Å². The van der Waals surface area contributed by atoms with Gasteiger partial charge in [-0.15, -0.1) is 0 Å². The highest BCUT2D eigenvalue weighted by Gasteiger charge is 2.33. The molecule has 0 aliphatic rings. The first-order chi connectivity index (χ1) is 13.4. The number of hydrogen-bond donors (Lipinski definition) is 1. The summed E-state index contributed by atoms with van der Waals surface area (Å²) >= 11 is 0. The molecule has 0 bridgehead atoms. The number of nitrogens with zero attached hydrogens (tertiary/aromatic N) is 1. The molecule has 0 spiro atoms. The molecule has 0 saturated heterocycles. The molecule has 1 N–H and O–H groups in total. The van der Waals surface area contributed by atoms with E-state index in [1.54, 1.807) is 0 Å². The lowest BCUT2D eigenvalue weighted by atomic mass is 9.96. The topological polar surface area (TPSA) is 54.4 Å². The Hall–Kier alpha value is -0.130. The Morgan fingerprint density at radius 1 is 0.690 bits per heavy atom. The van der Waals surface area contributed by atoms with Crippen LogP contribution in [0.2, 0.25) is 0 Å². The van der Waals surface area contributed by atoms with Crippen molar-refractivity contribution in [1.29, 1.82) is 0 Å². The molecule has 0 rings (SSSR count). The molecule has 178 valence electrons. The molecule has 29 heavy (non-hydrogen) atoms. The van der Waals surface area contributed by atoms with Crippen molar-refractivity contribution in [2.24, 2.45) is 0 Å². The SMILES string of the molecule is CCCCCCCCCCCCCCCC[N+](C)(C)C(C)(C)CC.CS(=O)(=O)O. The van der Waals surface area contributed by atoms with Gasteiger partial charge in [0, 0.05) is 0 Å². The van der Waals surface area contributed by atoms with Crippen molar-refractivity contribution in [3.05, 3.63) is 0 Å². The van der Waals surface area contributed by atoms with E-state index in [4.69, 9.17) is 4.55 Å². The molecule has 0 atom stereocenters. The van der Waals surface area contributed by atoms with Gasteiger partial charge in [0.2, 0.25) is 0 Å². The van der Waals surface area contributed by atoms with E-state index < -0.39 is 10.1 Å². The van der Waals surface area contributed by atoms with Crippen LogP contribution in [0.5, 0.6) is 0 Å². The number of rotatable bonds is 17. The summed E-state index contributed by atoms with van der Waals surface area (Å²) in [5.74, 6) is 0. The fourth-order valence-electron chi connectivity index (χ4n) is 3.43. The Morgan fingerprint density at radius 3 is 1.24 bits per heavy atom. The van der Waals surface area contributed by atoms with Gasteiger partial charge in [-0.3, -0.25) is 4.55 Å². The smallest absolute Gasteiger partial charge is 0.261 e. The van der Waals surface area contributed by atoms with Crippen molar-refractivity contribution in [3.8, 4) is 0 Å². The lowest BCUT2D eigenvalue weighted by Gasteiger charge is -2.44. The zero-order valence-corrected chi connectivity index (χ0v) is 21.7. The molecule has 0 fully saturated rings. The van der Waals surface area contributed by atoms with Gasteiger partial charge in [0.05, 0.1) is 32.4 Å². The molecule has 0 aliphatic heterocycles. The van der Waals surface area contributed by atoms with E-state index >= 15 is 0 Å². The van der Waals surface area contributed by atoms with Gasteiger partial charge in [-0.25, -0.2) is 0 Å². The summed E-state index contributed by atoms with van der Waals surface area (Å²) < 4.78 is 27.0. The zero-order chi connectivity index (χ0) is 22.8. The second kappa shape index (κ2) is 17.5. The normalized spacial score (nSPS) is 12.6. The predicted octanol–water partition coefficient (Wildman–Crippen LogP) is 7.24. The van der Waals surface area contributed by atoms with Crippen molar-refractivity contribution in [2.75, 3.05) is 26.9 Å². The molecule has 0 radical (unpaired) electrons. The second-order valence-electron chi connectivity index (χ2n) is 9.90. The number of unbranched alkanes of at least 4 members (excludes halogenated alkanes) is 13. The lowest BCUT2D eigenvalue weighted by Crippen LogP contribution is -2.56. The van der Waals surface area contributed by atoms with Crippen LogP contribution in [-0.2, 0) is 10.1 Å². The minimum Gasteiger partial charge on any atom is -0.324 e. The maximum absolute atomic E-state index is 9.19. The fourth-order valence-corrected chi connectivity index (χ4v) is 3.43. The third kappa shape index (κ3) is 22.4. The van der Waals surface area contributed by atoms with Crippen LogP contribution in [0.15, 0.2) is 0 Å². The summed E-state index contributed by atoms with van der Waals surface area (Å²) in [5, 5.41) is 0. The fraction of sp³-hybridized carbons (Fsp3) is 1.00. The summed E-state index contributed by atoms with van der Waals surface area (Å²) in [6, 6.07) is 0. The van der Waals surface area contributed by atoms with Gasteiger partial charge in [0.15, 0.2) is 0 Å². The standard InChI is InChI=1S/C23H50N.CH4O3S/c1-7-9-10-11-12-13-14-15-16-17-18-19-20-21-22-24(5,6)23(3,4)8-2;1-5(2,3)4/h7-22H2,1-6H3;1H3,(H,2,3,4)/q+1;. The van der Waals surface area contributed by atoms with E-state index in [1.165, 1.54) is 107 Å². The molecule has 4 nitrogen and oxygen atoms in total. The largest absolute Gasteiger partial charge is 0.324 e. The highest BCUT2D eigenvalue weighted by Crippen LogP contribution is 2.24. The van der Waals surface area contributed by atoms with E-state index in [-0.39, 0.29) is 0 Å². The van der Waals surface area contributed by atoms with Crippen LogP contribution in [-0.4, -0.2) is 49.9 Å². The summed E-state index contributed by atoms with van der Waals surface area (Å²) in [5.41, 5.74) is 0.413. The summed E-state index contributed by atoms with van der Waals surface area (Å²) in [6.07, 6.45) is 22.3. The Labute approximate surface area is 184 Å². The number of quaternary nitrogens is 1. The van der Waals surface area contributed by atoms with E-state index in [2.05, 4.69) is 41.8 Å². The van der Waals surface area contributed by atoms with Crippen LogP contribution in [0.3, 0.4) is 0 Å². The second-order valence-corrected chi connectivity index (χ2v) is 11.4. The Morgan fingerprint density at radius 2 is 0.966 bits per heavy atom. The van der Waals surface area contributed by atoms with Crippen LogP contribution in [0.4, 0.5) is 0 Å². The van der Waals surface area contributed by atoms with Gasteiger partial charge in [0.1, 0.15) is 0 Å². The highest BCUT2D eigenvalue weighted by molar-refractivity contribution is 7.85. The van der Waals surface area contributed by atoms with E-state index in [1.807, 2.05) is 0 Å². The zero-order valence-electron chi connectivity index (χ0n) is 20.9. The molecule has 0 aromatic heterocycles. The van der Waals surface area contributed by atoms with Crippen molar-refractivity contribution >= 4 is 10.1 Å². The highest BCUT2D eigenvalue weighted by atomic mass is 32.2. The van der Waals surface area contributed by atoms with Gasteiger partial charge in [-0.05, 0) is 33.1 Å². The average molecular weight is 437 g/mol. The molecular formula is C24H54NO3S+. The first kappa shape index (κ1) is 31.1. The third-order valence-corrected chi connectivity index (χ3v) is 6.57. The van der Waals surface area contributed by atoms with Crippen LogP contribution in [0.1, 0.15) is 124 Å². The number of hydrogen-bond acceptors (Lipinski definition) is 2. The molecule has 0 saturated carbocycles. The van der Waals surface area contributed by atoms with Crippen molar-refractivity contribution in [1.82, 2.24) is 0 Å². The van der Waals surface area contributed by atoms with Gasteiger partial charge in [0.25, 0.3) is 10.1 Å². The monoisotopic (exact) mass is 436 g/mol. The quantitative estimate of drug-likeness (QED) is 0.148. The van der Waals surface area contributed by atoms with Gasteiger partial charge in [-0.2, -0.15) is 8.42 Å². The Balaban J connectivity index is 0. The molecule has 0 amide bonds. The molecule has 0 aliphatic carbocycles. The maximum atomic E-state index is 9.19. The lowest BCUT2D eigenvalue weighted by molar-refractivity contribution is -0.938. The minimum absolute atomic E-state index is 0.413. The first-order valence-electron chi connectivity index (χ1n) is 12.1. The average Bonchev–Trinajstić information content (AvgIpc) is 2.60. The molecular weight excluding hydrogens is 382 g/mol. The molecule has 5 heteroatoms. The van der Waals surface area contributed by atoms with Gasteiger partial charge in [-0.1, -0.05) is 90.9 Å². The van der Waals surface area contributed by atoms with Crippen molar-refractivity contribution in [3.63, 3.8) is 0 Å². The van der Waals surface area contributed by atoms with Crippen LogP contribution < -0.4 is 0 Å². The van der Waals surface area contributed by atoms with E-state index in [9.17, 15) is 8.42 Å². The summed E-state index contributed by atoms with van der Waals surface area (Å²) in [7, 11) is 1.15. The molecule has 0 heterocycles. The third-order valence-electron chi connectivity index (χ3n) is 6.57. The molecule has 0 aromatic carbocycles. The minimum atomic E-state index is -3.67. The van der Waals surface area contributed by atoms with E-state index in [0.29, 0.717) is 11.8 Å². The summed E-state index contributed by atoms with van der Waals surface area (Å²) in [6.45, 7) is 10.8. The summed E-state index contributed by atoms with van der Waals surface area (Å²) in [4.78, 5) is 0. The van der Waals surface area contributed by atoms with Crippen molar-refractivity contribution < 1.29 is 17.5 Å². The van der Waals surface area contributed by atoms with Crippen LogP contribution in [0, 0.1) is 0 Å². The Bertz CT molecular complexity index is 451. The first-order valence-corrected chi connectivity index (χ1v) is 14.0. The predicted molar refractivity (Wildman–Crippen MR) is 129 cm³/mol. The van der Waals surface area contributed by atoms with Crippen LogP contribution >= 0.6 is 0 Å². The van der Waals surface area contributed by atoms with Crippen molar-refractivity contribution in [2.45, 2.75) is 130 Å². The molecule has 0 aromatic rings. The Kier molecular flexibility index (Phi) is 18.8.